The van der Waals surface area contributed by atoms with E-state index in [-0.39, 0.29) is 30.7 Å². The molecule has 4 aromatic rings. The van der Waals surface area contributed by atoms with Gasteiger partial charge in [-0.3, -0.25) is 14.9 Å². The predicted octanol–water partition coefficient (Wildman–Crippen LogP) is 4.94. The largest absolute Gasteiger partial charge is 0.385 e. The summed E-state index contributed by atoms with van der Waals surface area (Å²) in [7, 11) is 0. The Labute approximate surface area is 244 Å². The summed E-state index contributed by atoms with van der Waals surface area (Å²) in [6, 6.07) is 21.5. The third kappa shape index (κ3) is 6.80. The van der Waals surface area contributed by atoms with E-state index in [0.717, 1.165) is 21.4 Å². The second-order valence-corrected chi connectivity index (χ2v) is 10.3. The number of carbonyl (C=O) groups is 2. The molecule has 1 unspecified atom stereocenters. The average molecular weight is 617 g/mol. The summed E-state index contributed by atoms with van der Waals surface area (Å²) < 4.78 is 22.4. The van der Waals surface area contributed by atoms with Crippen LogP contribution in [0.4, 0.5) is 10.1 Å². The van der Waals surface area contributed by atoms with Crippen LogP contribution in [0.25, 0.3) is 16.9 Å². The van der Waals surface area contributed by atoms with Crippen LogP contribution < -0.4 is 10.6 Å². The van der Waals surface area contributed by atoms with E-state index in [1.807, 2.05) is 54.7 Å². The molecule has 0 bridgehead atoms. The van der Waals surface area contributed by atoms with Crippen molar-refractivity contribution < 1.29 is 18.7 Å². The second kappa shape index (κ2) is 12.8. The quantitative estimate of drug-likeness (QED) is 0.193. The molecule has 208 valence electrons. The first-order chi connectivity index (χ1) is 19.9. The monoisotopic (exact) mass is 616 g/mol. The smallest absolute Gasteiger partial charge is 0.250 e. The standard InChI is InChI=1S/C30H26BrFN6O3/c31-22-5-11-25(12-6-22)38-17-26(29(36-38)21-3-7-23(32)8-4-21)30-37(28(40)18-41-30)16-14-20-1-9-24(10-2-20)34-15-13-27(39)35-19-33/h1-12,17,30,34H,13-16,18H2,(H,35,39). The van der Waals surface area contributed by atoms with Gasteiger partial charge in [0.1, 0.15) is 18.1 Å². The Morgan fingerprint density at radius 2 is 1.83 bits per heavy atom. The highest BCUT2D eigenvalue weighted by atomic mass is 79.9. The third-order valence-corrected chi connectivity index (χ3v) is 7.19. The van der Waals surface area contributed by atoms with Crippen molar-refractivity contribution in [1.29, 1.82) is 5.26 Å². The number of rotatable bonds is 10. The number of nitriles is 1. The molecule has 0 spiro atoms. The van der Waals surface area contributed by atoms with Gasteiger partial charge in [-0.05, 0) is 72.6 Å². The highest BCUT2D eigenvalue weighted by Crippen LogP contribution is 2.35. The van der Waals surface area contributed by atoms with Crippen molar-refractivity contribution in [2.24, 2.45) is 0 Å². The summed E-state index contributed by atoms with van der Waals surface area (Å²) in [5, 5.41) is 18.5. The SMILES string of the molecule is N#CNC(=O)CCNc1ccc(CCN2C(=O)COC2c2cn(-c3ccc(Br)cc3)nc2-c2ccc(F)cc2)cc1. The summed E-state index contributed by atoms with van der Waals surface area (Å²) >= 11 is 3.45. The van der Waals surface area contributed by atoms with E-state index < -0.39 is 6.23 Å². The molecule has 1 saturated heterocycles. The van der Waals surface area contributed by atoms with E-state index in [4.69, 9.17) is 15.1 Å². The minimum Gasteiger partial charge on any atom is -0.385 e. The normalized spacial score (nSPS) is 14.6. The Balaban J connectivity index is 1.33. The predicted molar refractivity (Wildman–Crippen MR) is 154 cm³/mol. The lowest BCUT2D eigenvalue weighted by atomic mass is 10.1. The number of aromatic nitrogens is 2. The van der Waals surface area contributed by atoms with Gasteiger partial charge in [-0.25, -0.2) is 9.07 Å². The number of anilines is 1. The summed E-state index contributed by atoms with van der Waals surface area (Å²) in [4.78, 5) is 26.0. The first-order valence-electron chi connectivity index (χ1n) is 12.9. The van der Waals surface area contributed by atoms with E-state index >= 15 is 0 Å². The van der Waals surface area contributed by atoms with Crippen LogP contribution in [0.15, 0.2) is 83.5 Å². The minimum atomic E-state index is -0.646. The molecule has 0 aliphatic carbocycles. The van der Waals surface area contributed by atoms with Gasteiger partial charge in [0.25, 0.3) is 5.91 Å². The Morgan fingerprint density at radius 3 is 2.54 bits per heavy atom. The van der Waals surface area contributed by atoms with Crippen molar-refractivity contribution in [3.8, 4) is 23.1 Å². The van der Waals surface area contributed by atoms with Crippen LogP contribution in [-0.4, -0.2) is 46.2 Å². The van der Waals surface area contributed by atoms with E-state index in [1.165, 1.54) is 12.1 Å². The lowest BCUT2D eigenvalue weighted by molar-refractivity contribution is -0.128. The fourth-order valence-corrected chi connectivity index (χ4v) is 4.83. The first-order valence-corrected chi connectivity index (χ1v) is 13.7. The Bertz CT molecular complexity index is 1570. The molecule has 0 saturated carbocycles. The maximum Gasteiger partial charge on any atom is 0.250 e. The van der Waals surface area contributed by atoms with E-state index in [9.17, 15) is 14.0 Å². The molecule has 2 heterocycles. The molecule has 0 radical (unpaired) electrons. The van der Waals surface area contributed by atoms with Gasteiger partial charge < -0.3 is 15.0 Å². The van der Waals surface area contributed by atoms with Gasteiger partial charge in [-0.1, -0.05) is 28.1 Å². The average Bonchev–Trinajstić information content (AvgIpc) is 3.57. The Hall–Kier alpha value is -4.53. The van der Waals surface area contributed by atoms with Crippen LogP contribution >= 0.6 is 15.9 Å². The molecular weight excluding hydrogens is 591 g/mol. The number of nitrogens with zero attached hydrogens (tertiary/aromatic N) is 4. The molecule has 9 nitrogen and oxygen atoms in total. The highest BCUT2D eigenvalue weighted by molar-refractivity contribution is 9.10. The van der Waals surface area contributed by atoms with Crippen LogP contribution in [0.3, 0.4) is 0 Å². The summed E-state index contributed by atoms with van der Waals surface area (Å²) in [5.74, 6) is -0.804. The van der Waals surface area contributed by atoms with Crippen molar-refractivity contribution in [2.75, 3.05) is 25.0 Å². The molecule has 41 heavy (non-hydrogen) atoms. The third-order valence-electron chi connectivity index (χ3n) is 6.66. The van der Waals surface area contributed by atoms with E-state index in [2.05, 4.69) is 26.6 Å². The van der Waals surface area contributed by atoms with Crippen molar-refractivity contribution in [2.45, 2.75) is 19.1 Å². The summed E-state index contributed by atoms with van der Waals surface area (Å²) in [6.45, 7) is 0.786. The zero-order valence-electron chi connectivity index (χ0n) is 21.9. The van der Waals surface area contributed by atoms with Crippen LogP contribution in [-0.2, 0) is 20.7 Å². The van der Waals surface area contributed by atoms with E-state index in [1.54, 1.807) is 27.9 Å². The Kier molecular flexibility index (Phi) is 8.72. The minimum absolute atomic E-state index is 0.0424. The number of nitrogens with one attached hydrogen (secondary N) is 2. The highest BCUT2D eigenvalue weighted by Gasteiger charge is 2.36. The number of carbonyl (C=O) groups excluding carboxylic acids is 2. The lowest BCUT2D eigenvalue weighted by Crippen LogP contribution is -2.30. The zero-order chi connectivity index (χ0) is 28.8. The number of amides is 2. The molecule has 1 atom stereocenters. The van der Waals surface area contributed by atoms with E-state index in [0.29, 0.717) is 36.3 Å². The Morgan fingerprint density at radius 1 is 1.10 bits per heavy atom. The van der Waals surface area contributed by atoms with Gasteiger partial charge in [-0.2, -0.15) is 10.4 Å². The maximum atomic E-state index is 13.7. The first kappa shape index (κ1) is 28.0. The molecule has 1 aromatic heterocycles. The molecule has 3 aromatic carbocycles. The molecule has 11 heteroatoms. The van der Waals surface area contributed by atoms with Gasteiger partial charge in [-0.15, -0.1) is 0 Å². The second-order valence-electron chi connectivity index (χ2n) is 9.40. The topological polar surface area (TPSA) is 112 Å². The fourth-order valence-electron chi connectivity index (χ4n) is 4.56. The van der Waals surface area contributed by atoms with Crippen molar-refractivity contribution in [1.82, 2.24) is 20.0 Å². The summed E-state index contributed by atoms with van der Waals surface area (Å²) in [6.07, 6.45) is 3.61. The van der Waals surface area contributed by atoms with Gasteiger partial charge in [0, 0.05) is 47.0 Å². The van der Waals surface area contributed by atoms with Gasteiger partial charge in [0.05, 0.1) is 5.69 Å². The number of ether oxygens (including phenoxy) is 1. The van der Waals surface area contributed by atoms with Crippen LogP contribution in [0, 0.1) is 17.3 Å². The van der Waals surface area contributed by atoms with Gasteiger partial charge >= 0.3 is 0 Å². The molecule has 5 rings (SSSR count). The molecule has 1 aliphatic rings. The number of halogens is 2. The number of benzene rings is 3. The van der Waals surface area contributed by atoms with Crippen molar-refractivity contribution in [3.63, 3.8) is 0 Å². The summed E-state index contributed by atoms with van der Waals surface area (Å²) in [5.41, 5.74) is 4.75. The number of hydrogen-bond donors (Lipinski definition) is 2. The zero-order valence-corrected chi connectivity index (χ0v) is 23.5. The van der Waals surface area contributed by atoms with Crippen LogP contribution in [0.5, 0.6) is 0 Å². The van der Waals surface area contributed by atoms with Gasteiger partial charge in [0.2, 0.25) is 5.91 Å². The van der Waals surface area contributed by atoms with Crippen molar-refractivity contribution in [3.05, 3.63) is 100 Å². The van der Waals surface area contributed by atoms with Crippen LogP contribution in [0.2, 0.25) is 0 Å². The fraction of sp³-hybridized carbons (Fsp3) is 0.200. The maximum absolute atomic E-state index is 13.7. The van der Waals surface area contributed by atoms with Crippen molar-refractivity contribution >= 4 is 33.4 Å². The molecule has 2 amide bonds. The number of hydrogen-bond acceptors (Lipinski definition) is 6. The molecular formula is C30H26BrFN6O3. The van der Waals surface area contributed by atoms with Gasteiger partial charge in [0.15, 0.2) is 12.4 Å². The lowest BCUT2D eigenvalue weighted by Gasteiger charge is -2.23. The molecule has 2 N–H and O–H groups in total. The van der Waals surface area contributed by atoms with Crippen LogP contribution in [0.1, 0.15) is 23.8 Å². The molecule has 1 aliphatic heterocycles. The molecule has 1 fully saturated rings.